The molecular weight excluding hydrogens is 368 g/mol. The van der Waals surface area contributed by atoms with Crippen molar-refractivity contribution in [2.75, 3.05) is 25.5 Å². The first-order chi connectivity index (χ1) is 12.9. The van der Waals surface area contributed by atoms with Gasteiger partial charge in [-0.05, 0) is 44.0 Å². The highest BCUT2D eigenvalue weighted by Crippen LogP contribution is 2.24. The van der Waals surface area contributed by atoms with E-state index in [1.165, 1.54) is 16.8 Å². The third-order valence-electron chi connectivity index (χ3n) is 4.69. The minimum Gasteiger partial charge on any atom is -0.497 e. The summed E-state index contributed by atoms with van der Waals surface area (Å²) in [5.41, 5.74) is 0.655. The second-order valence-corrected chi connectivity index (χ2v) is 8.35. The van der Waals surface area contributed by atoms with Gasteiger partial charge < -0.3 is 14.6 Å². The predicted octanol–water partition coefficient (Wildman–Crippen LogP) is 1.95. The van der Waals surface area contributed by atoms with Crippen LogP contribution in [0, 0.1) is 5.92 Å². The first kappa shape index (κ1) is 19.4. The second kappa shape index (κ2) is 8.10. The van der Waals surface area contributed by atoms with Crippen molar-refractivity contribution >= 4 is 21.6 Å². The van der Waals surface area contributed by atoms with E-state index in [1.807, 2.05) is 6.92 Å². The van der Waals surface area contributed by atoms with E-state index >= 15 is 0 Å². The van der Waals surface area contributed by atoms with Gasteiger partial charge in [-0.2, -0.15) is 4.31 Å². The van der Waals surface area contributed by atoms with Crippen LogP contribution in [0.3, 0.4) is 0 Å². The van der Waals surface area contributed by atoms with Crippen LogP contribution < -0.4 is 10.1 Å². The molecule has 0 bridgehead atoms. The van der Waals surface area contributed by atoms with Crippen LogP contribution in [0.25, 0.3) is 0 Å². The Kier molecular flexibility index (Phi) is 5.81. The zero-order chi connectivity index (χ0) is 19.4. The summed E-state index contributed by atoms with van der Waals surface area (Å²) in [5, 5.41) is 2.88. The van der Waals surface area contributed by atoms with Crippen LogP contribution in [0.1, 0.15) is 19.8 Å². The summed E-state index contributed by atoms with van der Waals surface area (Å²) in [5.74, 6) is 0.123. The number of carbonyl (C=O) groups excluding carboxylic acids is 1. The van der Waals surface area contributed by atoms with Gasteiger partial charge >= 0.3 is 0 Å². The maximum Gasteiger partial charge on any atom is 0.262 e. The molecule has 1 saturated heterocycles. The molecule has 0 spiro atoms. The van der Waals surface area contributed by atoms with Crippen molar-refractivity contribution < 1.29 is 17.9 Å². The molecular formula is C18H24N4O4S. The van der Waals surface area contributed by atoms with Crippen LogP contribution in [-0.2, 0) is 21.4 Å². The lowest BCUT2D eigenvalue weighted by molar-refractivity contribution is -0.120. The standard InChI is InChI=1S/C18H24N4O4S/c1-3-21-12-17(19-13-21)27(24,25)22-10-4-5-14(11-22)18(23)20-15-6-8-16(26-2)9-7-15/h6-9,12-14H,3-5,10-11H2,1-2H3,(H,20,23). The van der Waals surface area contributed by atoms with Gasteiger partial charge in [0.05, 0.1) is 19.4 Å². The first-order valence-corrected chi connectivity index (χ1v) is 10.3. The van der Waals surface area contributed by atoms with Crippen LogP contribution >= 0.6 is 0 Å². The Bertz CT molecular complexity index is 892. The van der Waals surface area contributed by atoms with Gasteiger partial charge in [-0.3, -0.25) is 4.79 Å². The van der Waals surface area contributed by atoms with E-state index in [9.17, 15) is 13.2 Å². The number of sulfonamides is 1. The predicted molar refractivity (Wildman–Crippen MR) is 101 cm³/mol. The van der Waals surface area contributed by atoms with Crippen molar-refractivity contribution in [3.05, 3.63) is 36.8 Å². The Labute approximate surface area is 159 Å². The number of hydrogen-bond donors (Lipinski definition) is 1. The molecule has 1 amide bonds. The summed E-state index contributed by atoms with van der Waals surface area (Å²) in [6.07, 6.45) is 4.31. The van der Waals surface area contributed by atoms with Crippen LogP contribution in [0.5, 0.6) is 5.75 Å². The Morgan fingerprint density at radius 2 is 2.07 bits per heavy atom. The summed E-state index contributed by atoms with van der Waals surface area (Å²) in [6, 6.07) is 7.03. The van der Waals surface area contributed by atoms with Crippen molar-refractivity contribution in [2.45, 2.75) is 31.3 Å². The summed E-state index contributed by atoms with van der Waals surface area (Å²) in [4.78, 5) is 16.6. The lowest BCUT2D eigenvalue weighted by Gasteiger charge is -2.30. The zero-order valence-corrected chi connectivity index (χ0v) is 16.3. The molecule has 2 heterocycles. The lowest BCUT2D eigenvalue weighted by Crippen LogP contribution is -2.43. The van der Waals surface area contributed by atoms with Gasteiger partial charge in [-0.25, -0.2) is 13.4 Å². The van der Waals surface area contributed by atoms with E-state index < -0.39 is 15.9 Å². The minimum absolute atomic E-state index is 0.0283. The van der Waals surface area contributed by atoms with Crippen LogP contribution in [0.2, 0.25) is 0 Å². The Morgan fingerprint density at radius 1 is 1.33 bits per heavy atom. The fraction of sp³-hybridized carbons (Fsp3) is 0.444. The largest absolute Gasteiger partial charge is 0.497 e. The van der Waals surface area contributed by atoms with Gasteiger partial charge in [0.25, 0.3) is 10.0 Å². The van der Waals surface area contributed by atoms with E-state index in [1.54, 1.807) is 35.9 Å². The Morgan fingerprint density at radius 3 is 2.70 bits per heavy atom. The van der Waals surface area contributed by atoms with E-state index in [-0.39, 0.29) is 17.5 Å². The number of benzene rings is 1. The van der Waals surface area contributed by atoms with E-state index in [0.717, 1.165) is 0 Å². The van der Waals surface area contributed by atoms with Gasteiger partial charge in [-0.15, -0.1) is 0 Å². The number of methoxy groups -OCH3 is 1. The third kappa shape index (κ3) is 4.30. The summed E-state index contributed by atoms with van der Waals surface area (Å²) in [6.45, 7) is 3.12. The van der Waals surface area contributed by atoms with Crippen molar-refractivity contribution in [3.8, 4) is 5.75 Å². The van der Waals surface area contributed by atoms with Gasteiger partial charge in [0.15, 0.2) is 5.03 Å². The maximum absolute atomic E-state index is 12.8. The zero-order valence-electron chi connectivity index (χ0n) is 15.5. The van der Waals surface area contributed by atoms with Gasteiger partial charge in [0.2, 0.25) is 5.91 Å². The van der Waals surface area contributed by atoms with Gasteiger partial charge in [0.1, 0.15) is 5.75 Å². The smallest absolute Gasteiger partial charge is 0.262 e. The highest BCUT2D eigenvalue weighted by Gasteiger charge is 2.34. The van der Waals surface area contributed by atoms with Crippen LogP contribution in [-0.4, -0.2) is 48.4 Å². The molecule has 2 aromatic rings. The first-order valence-electron chi connectivity index (χ1n) is 8.91. The molecule has 3 rings (SSSR count). The number of imidazole rings is 1. The maximum atomic E-state index is 12.8. The number of aryl methyl sites for hydroxylation is 1. The molecule has 9 heteroatoms. The number of rotatable bonds is 6. The molecule has 1 aromatic heterocycles. The van der Waals surface area contributed by atoms with Gasteiger partial charge in [0, 0.05) is 31.5 Å². The van der Waals surface area contributed by atoms with Crippen molar-refractivity contribution in [1.82, 2.24) is 13.9 Å². The van der Waals surface area contributed by atoms with Gasteiger partial charge in [-0.1, -0.05) is 0 Å². The molecule has 8 nitrogen and oxygen atoms in total. The molecule has 1 aromatic carbocycles. The molecule has 1 fully saturated rings. The Hall–Kier alpha value is -2.39. The number of aromatic nitrogens is 2. The fourth-order valence-corrected chi connectivity index (χ4v) is 4.53. The molecule has 146 valence electrons. The summed E-state index contributed by atoms with van der Waals surface area (Å²) in [7, 11) is -2.12. The van der Waals surface area contributed by atoms with E-state index in [4.69, 9.17) is 4.74 Å². The molecule has 1 atom stereocenters. The quantitative estimate of drug-likeness (QED) is 0.811. The van der Waals surface area contributed by atoms with Crippen molar-refractivity contribution in [3.63, 3.8) is 0 Å². The lowest BCUT2D eigenvalue weighted by atomic mass is 9.99. The number of hydrogen-bond acceptors (Lipinski definition) is 5. The van der Waals surface area contributed by atoms with E-state index in [0.29, 0.717) is 37.4 Å². The summed E-state index contributed by atoms with van der Waals surface area (Å²) < 4.78 is 33.8. The number of piperidine rings is 1. The van der Waals surface area contributed by atoms with Crippen molar-refractivity contribution in [1.29, 1.82) is 0 Å². The number of nitrogens with zero attached hydrogens (tertiary/aromatic N) is 3. The normalized spacial score (nSPS) is 18.2. The highest BCUT2D eigenvalue weighted by molar-refractivity contribution is 7.89. The second-order valence-electron chi connectivity index (χ2n) is 6.46. The van der Waals surface area contributed by atoms with E-state index in [2.05, 4.69) is 10.3 Å². The molecule has 0 aliphatic carbocycles. The topological polar surface area (TPSA) is 93.5 Å². The third-order valence-corrected chi connectivity index (χ3v) is 6.44. The number of ether oxygens (including phenoxy) is 1. The average Bonchev–Trinajstić information content (AvgIpc) is 3.19. The average molecular weight is 392 g/mol. The van der Waals surface area contributed by atoms with Crippen LogP contribution in [0.15, 0.2) is 41.8 Å². The molecule has 1 aliphatic heterocycles. The Balaban J connectivity index is 1.68. The highest BCUT2D eigenvalue weighted by atomic mass is 32.2. The molecule has 0 radical (unpaired) electrons. The van der Waals surface area contributed by atoms with Crippen LogP contribution in [0.4, 0.5) is 5.69 Å². The molecule has 1 unspecified atom stereocenters. The molecule has 0 saturated carbocycles. The summed E-state index contributed by atoms with van der Waals surface area (Å²) >= 11 is 0. The molecule has 1 aliphatic rings. The van der Waals surface area contributed by atoms with Crippen molar-refractivity contribution in [2.24, 2.45) is 5.92 Å². The number of amides is 1. The fourth-order valence-electron chi connectivity index (χ4n) is 3.07. The number of nitrogens with one attached hydrogen (secondary N) is 1. The molecule has 1 N–H and O–H groups in total. The number of anilines is 1. The minimum atomic E-state index is -3.69. The number of carbonyl (C=O) groups is 1. The SMILES string of the molecule is CCn1cnc(S(=O)(=O)N2CCCC(C(=O)Nc3ccc(OC)cc3)C2)c1. The molecule has 27 heavy (non-hydrogen) atoms. The monoisotopic (exact) mass is 392 g/mol.